The van der Waals surface area contributed by atoms with Crippen LogP contribution in [0.25, 0.3) is 0 Å². The summed E-state index contributed by atoms with van der Waals surface area (Å²) in [5.74, 6) is -2.68. The van der Waals surface area contributed by atoms with Crippen molar-refractivity contribution in [3.8, 4) is 0 Å². The number of rotatable bonds is 11. The Morgan fingerprint density at radius 1 is 1.06 bits per heavy atom. The smallest absolute Gasteiger partial charge is 0.220 e. The first kappa shape index (κ1) is 33.5. The zero-order valence-electron chi connectivity index (χ0n) is 17.9. The average Bonchev–Trinajstić information content (AvgIpc) is 3.13. The van der Waals surface area contributed by atoms with Gasteiger partial charge in [-0.15, -0.1) is 0 Å². The van der Waals surface area contributed by atoms with Gasteiger partial charge in [0.15, 0.2) is 0 Å². The van der Waals surface area contributed by atoms with Crippen LogP contribution in [0.1, 0.15) is 32.1 Å². The van der Waals surface area contributed by atoms with Crippen molar-refractivity contribution >= 4 is 87.0 Å². The summed E-state index contributed by atoms with van der Waals surface area (Å²) in [6.07, 6.45) is 1.07. The molecule has 15 heteroatoms. The van der Waals surface area contributed by atoms with E-state index in [2.05, 4.69) is 27.9 Å². The van der Waals surface area contributed by atoms with Crippen LogP contribution in [0.15, 0.2) is 18.9 Å². The van der Waals surface area contributed by atoms with Crippen LogP contribution in [0.2, 0.25) is 0 Å². The largest absolute Gasteiger partial charge is 0.356 e. The number of esters is 2. The summed E-state index contributed by atoms with van der Waals surface area (Å²) in [4.78, 5) is 32.9. The molecule has 12 nitrogen and oxygen atoms in total. The molecule has 0 aromatic heterocycles. The summed E-state index contributed by atoms with van der Waals surface area (Å²) < 4.78 is 69.8. The molecule has 0 aliphatic carbocycles. The van der Waals surface area contributed by atoms with Gasteiger partial charge in [-0.3, -0.25) is 18.7 Å². The molecule has 1 saturated heterocycles. The second-order valence-electron chi connectivity index (χ2n) is 6.28. The van der Waals surface area contributed by atoms with Crippen molar-refractivity contribution in [2.45, 2.75) is 32.1 Å². The summed E-state index contributed by atoms with van der Waals surface area (Å²) >= 11 is 0.868. The van der Waals surface area contributed by atoms with Crippen molar-refractivity contribution in [1.82, 2.24) is 5.32 Å². The van der Waals surface area contributed by atoms with Crippen LogP contribution in [0, 0.1) is 0 Å². The summed E-state index contributed by atoms with van der Waals surface area (Å²) in [7, 11) is -8.26. The Morgan fingerprint density at radius 3 is 1.88 bits per heavy atom. The zero-order chi connectivity index (χ0) is 25.2. The summed E-state index contributed by atoms with van der Waals surface area (Å²) in [5.41, 5.74) is -0.225. The van der Waals surface area contributed by atoms with E-state index in [4.69, 9.17) is 9.11 Å². The number of carbonyl (C=O) groups is 3. The summed E-state index contributed by atoms with van der Waals surface area (Å²) in [6, 6.07) is 0. The van der Waals surface area contributed by atoms with Gasteiger partial charge in [-0.1, -0.05) is 6.58 Å². The molecule has 180 valence electrons. The molecule has 0 saturated carbocycles. The molecule has 0 atom stereocenters. The molecule has 1 aliphatic heterocycles. The van der Waals surface area contributed by atoms with Gasteiger partial charge in [0.05, 0.1) is 31.1 Å². The van der Waals surface area contributed by atoms with Crippen LogP contribution in [0.3, 0.4) is 0 Å². The van der Waals surface area contributed by atoms with Crippen molar-refractivity contribution < 1.29 is 49.8 Å². The minimum absolute atomic E-state index is 0.100. The third-order valence-electron chi connectivity index (χ3n) is 3.14. The van der Waals surface area contributed by atoms with Gasteiger partial charge >= 0.3 is 67.6 Å². The molecule has 0 unspecified atom stereocenters. The zero-order valence-corrected chi connectivity index (χ0v) is 22.7. The van der Waals surface area contributed by atoms with Crippen LogP contribution in [-0.2, 0) is 44.1 Å². The number of carbonyl (C=O) groups excluding carboxylic acids is 3. The molecule has 0 aromatic carbocycles. The number of amides is 1. The monoisotopic (exact) mass is 525 g/mol. The van der Waals surface area contributed by atoms with E-state index < -0.39 is 50.1 Å². The van der Waals surface area contributed by atoms with E-state index in [-0.39, 0.29) is 37.5 Å². The van der Waals surface area contributed by atoms with Crippen LogP contribution >= 0.6 is 0 Å². The first-order valence-corrected chi connectivity index (χ1v) is 14.5. The van der Waals surface area contributed by atoms with Crippen molar-refractivity contribution in [2.24, 2.45) is 0 Å². The third-order valence-corrected chi connectivity index (χ3v) is 4.75. The molecule has 1 rings (SSSR count). The predicted molar refractivity (Wildman–Crippen MR) is 116 cm³/mol. The van der Waals surface area contributed by atoms with E-state index >= 15 is 0 Å². The maximum absolute atomic E-state index is 11.4. The summed E-state index contributed by atoms with van der Waals surface area (Å²) in [5, 5.41) is 2.68. The fourth-order valence-electron chi connectivity index (χ4n) is 1.80. The molecule has 0 spiro atoms. The molecule has 0 bridgehead atoms. The molecule has 0 aromatic rings. The third kappa shape index (κ3) is 25.6. The van der Waals surface area contributed by atoms with Crippen molar-refractivity contribution in [1.29, 1.82) is 0 Å². The normalized spacial score (nSPS) is 12.8. The first-order chi connectivity index (χ1) is 14.7. The van der Waals surface area contributed by atoms with Gasteiger partial charge < -0.3 is 14.8 Å². The van der Waals surface area contributed by atoms with Crippen LogP contribution in [0.4, 0.5) is 0 Å². The topological polar surface area (TPSA) is 190 Å². The van der Waals surface area contributed by atoms with Crippen molar-refractivity contribution in [3.63, 3.8) is 0 Å². The Labute approximate surface area is 222 Å². The molecule has 0 radical (unpaired) electrons. The Hall–Kier alpha value is -0.654. The standard InChI is InChI=1S/C11H18O10S2.C4H7NO.C2H3.K/c1-9(11(13)21-5-3-7-23(17,18)19)8-10(12)20-4-2-6-22(14,15)16;6-4-2-1-3-5-4;1-2;/h1-8H2,(H,14,15,16)(H,17,18,19);1-3H2,(H,5,6);1H,2H2;. The van der Waals surface area contributed by atoms with E-state index in [1.54, 1.807) is 0 Å². The van der Waals surface area contributed by atoms with Gasteiger partial charge in [0.25, 0.3) is 20.2 Å². The maximum atomic E-state index is 11.4. The Bertz CT molecular complexity index is 831. The quantitative estimate of drug-likeness (QED) is 0.106. The number of hydrogen-bond donors (Lipinski definition) is 3. The van der Waals surface area contributed by atoms with Crippen molar-refractivity contribution in [2.75, 3.05) is 31.3 Å². The number of hydrogen-bond acceptors (Lipinski definition) is 9. The first-order valence-electron chi connectivity index (χ1n) is 9.46. The van der Waals surface area contributed by atoms with Gasteiger partial charge in [-0.2, -0.15) is 16.8 Å². The summed E-state index contributed by atoms with van der Waals surface area (Å²) in [6.45, 7) is 7.11. The van der Waals surface area contributed by atoms with Gasteiger partial charge in [0.2, 0.25) is 5.91 Å². The van der Waals surface area contributed by atoms with E-state index in [1.165, 1.54) is 0 Å². The SMILES string of the molecule is C=C(CC(=O)OCCCS(=O)(=O)O)C(=O)OCCCS(=O)(=O)O.C=[CH][K].O=C1CCCN1. The molecular weight excluding hydrogens is 497 g/mol. The van der Waals surface area contributed by atoms with Crippen LogP contribution in [-0.4, -0.2) is 124 Å². The van der Waals surface area contributed by atoms with E-state index in [9.17, 15) is 31.2 Å². The van der Waals surface area contributed by atoms with Crippen LogP contribution < -0.4 is 5.32 Å². The van der Waals surface area contributed by atoms with E-state index in [0.29, 0.717) is 0 Å². The number of nitrogens with one attached hydrogen (secondary N) is 1. The Balaban J connectivity index is 0. The molecule has 1 aliphatic rings. The molecule has 3 N–H and O–H groups in total. The Kier molecular flexibility index (Phi) is 19.6. The second kappa shape index (κ2) is 18.7. The molecule has 1 amide bonds. The fraction of sp³-hybridized carbons (Fsp3) is 0.588. The van der Waals surface area contributed by atoms with E-state index in [1.807, 2.05) is 0.171 Å². The average molecular weight is 526 g/mol. The number of ether oxygens (including phenoxy) is 2. The van der Waals surface area contributed by atoms with Gasteiger partial charge in [0, 0.05) is 18.5 Å². The Morgan fingerprint density at radius 2 is 1.53 bits per heavy atom. The van der Waals surface area contributed by atoms with E-state index in [0.717, 1.165) is 68.3 Å². The fourth-order valence-corrected chi connectivity index (χ4v) is 2.76. The molecule has 32 heavy (non-hydrogen) atoms. The second-order valence-corrected chi connectivity index (χ2v) is 10.7. The van der Waals surface area contributed by atoms with Crippen molar-refractivity contribution in [3.05, 3.63) is 18.9 Å². The van der Waals surface area contributed by atoms with Gasteiger partial charge in [-0.25, -0.2) is 4.79 Å². The predicted octanol–water partition coefficient (Wildman–Crippen LogP) is -0.230. The minimum atomic E-state index is -4.13. The molecular formula is C17H28KNO11S2. The molecule has 1 fully saturated rings. The maximum Gasteiger partial charge on any atom is 0.220 e. The van der Waals surface area contributed by atoms with Gasteiger partial charge in [0.1, 0.15) is 0 Å². The minimum Gasteiger partial charge on any atom is -0.356 e. The molecule has 1 heterocycles. The van der Waals surface area contributed by atoms with Gasteiger partial charge in [-0.05, 0) is 19.3 Å². The van der Waals surface area contributed by atoms with Crippen LogP contribution in [0.5, 0.6) is 0 Å².